The molecule has 0 bridgehead atoms. The normalized spacial score (nSPS) is 24.9. The lowest BCUT2D eigenvalue weighted by Gasteiger charge is -2.27. The molecule has 1 heterocycles. The van der Waals surface area contributed by atoms with Crippen molar-refractivity contribution in [1.82, 2.24) is 5.32 Å². The van der Waals surface area contributed by atoms with Crippen LogP contribution in [0.5, 0.6) is 0 Å². The van der Waals surface area contributed by atoms with Gasteiger partial charge >= 0.3 is 5.97 Å². The SMILES string of the molecule is O=C(O)C1COC(c2ccccc2)C(=O)N1. The molecule has 1 amide bonds. The van der Waals surface area contributed by atoms with Crippen molar-refractivity contribution in [2.75, 3.05) is 6.61 Å². The molecular weight excluding hydrogens is 210 g/mol. The summed E-state index contributed by atoms with van der Waals surface area (Å²) in [5.41, 5.74) is 0.726. The molecule has 0 saturated carbocycles. The van der Waals surface area contributed by atoms with Gasteiger partial charge in [0.1, 0.15) is 0 Å². The van der Waals surface area contributed by atoms with Crippen LogP contribution in [0, 0.1) is 0 Å². The number of rotatable bonds is 2. The largest absolute Gasteiger partial charge is 0.480 e. The first-order valence-corrected chi connectivity index (χ1v) is 4.88. The number of carboxylic acid groups (broad SMARTS) is 1. The van der Waals surface area contributed by atoms with Gasteiger partial charge in [-0.25, -0.2) is 4.79 Å². The summed E-state index contributed by atoms with van der Waals surface area (Å²) < 4.78 is 5.26. The molecular formula is C11H11NO4. The molecule has 16 heavy (non-hydrogen) atoms. The molecule has 84 valence electrons. The van der Waals surface area contributed by atoms with Gasteiger partial charge in [-0.1, -0.05) is 30.3 Å². The Morgan fingerprint density at radius 3 is 2.62 bits per heavy atom. The first-order valence-electron chi connectivity index (χ1n) is 4.88. The average Bonchev–Trinajstić information content (AvgIpc) is 2.30. The zero-order valence-corrected chi connectivity index (χ0v) is 8.42. The molecule has 0 spiro atoms. The van der Waals surface area contributed by atoms with Crippen molar-refractivity contribution in [3.05, 3.63) is 35.9 Å². The van der Waals surface area contributed by atoms with E-state index in [2.05, 4.69) is 5.32 Å². The van der Waals surface area contributed by atoms with Crippen LogP contribution in [0.3, 0.4) is 0 Å². The first kappa shape index (κ1) is 10.6. The highest BCUT2D eigenvalue weighted by molar-refractivity contribution is 5.88. The van der Waals surface area contributed by atoms with E-state index in [-0.39, 0.29) is 6.61 Å². The lowest BCUT2D eigenvalue weighted by molar-refractivity contribution is -0.154. The van der Waals surface area contributed by atoms with E-state index >= 15 is 0 Å². The number of benzene rings is 1. The molecule has 0 radical (unpaired) electrons. The van der Waals surface area contributed by atoms with Gasteiger partial charge in [-0.15, -0.1) is 0 Å². The lowest BCUT2D eigenvalue weighted by Crippen LogP contribution is -2.51. The molecule has 1 saturated heterocycles. The number of morpholine rings is 1. The van der Waals surface area contributed by atoms with Crippen LogP contribution in [-0.4, -0.2) is 29.6 Å². The number of hydrogen-bond donors (Lipinski definition) is 2. The van der Waals surface area contributed by atoms with E-state index in [1.54, 1.807) is 24.3 Å². The van der Waals surface area contributed by atoms with Gasteiger partial charge in [-0.2, -0.15) is 0 Å². The Labute approximate surface area is 92.0 Å². The Balaban J connectivity index is 2.11. The summed E-state index contributed by atoms with van der Waals surface area (Å²) >= 11 is 0. The second-order valence-electron chi connectivity index (χ2n) is 3.52. The molecule has 1 aromatic carbocycles. The smallest absolute Gasteiger partial charge is 0.328 e. The fourth-order valence-corrected chi connectivity index (χ4v) is 1.57. The minimum atomic E-state index is -1.08. The second-order valence-corrected chi connectivity index (χ2v) is 3.52. The third-order valence-corrected chi connectivity index (χ3v) is 2.38. The molecule has 2 N–H and O–H groups in total. The Morgan fingerprint density at radius 2 is 2.06 bits per heavy atom. The molecule has 1 fully saturated rings. The number of carbonyl (C=O) groups is 2. The molecule has 1 aliphatic heterocycles. The van der Waals surface area contributed by atoms with Crippen LogP contribution in [0.15, 0.2) is 30.3 Å². The number of ether oxygens (including phenoxy) is 1. The third kappa shape index (κ3) is 2.04. The highest BCUT2D eigenvalue weighted by atomic mass is 16.5. The maximum absolute atomic E-state index is 11.6. The van der Waals surface area contributed by atoms with Crippen molar-refractivity contribution in [2.24, 2.45) is 0 Å². The van der Waals surface area contributed by atoms with Crippen LogP contribution < -0.4 is 5.32 Å². The predicted molar refractivity (Wildman–Crippen MR) is 54.7 cm³/mol. The first-order chi connectivity index (χ1) is 7.68. The molecule has 2 atom stereocenters. The van der Waals surface area contributed by atoms with E-state index in [9.17, 15) is 9.59 Å². The zero-order chi connectivity index (χ0) is 11.5. The van der Waals surface area contributed by atoms with Gasteiger partial charge in [0.2, 0.25) is 0 Å². The van der Waals surface area contributed by atoms with Gasteiger partial charge in [0.25, 0.3) is 5.91 Å². The Kier molecular flexibility index (Phi) is 2.87. The molecule has 0 aromatic heterocycles. The van der Waals surface area contributed by atoms with Crippen molar-refractivity contribution in [3.8, 4) is 0 Å². The van der Waals surface area contributed by atoms with E-state index in [0.29, 0.717) is 0 Å². The van der Waals surface area contributed by atoms with Gasteiger partial charge in [0, 0.05) is 0 Å². The summed E-state index contributed by atoms with van der Waals surface area (Å²) in [4.78, 5) is 22.3. The van der Waals surface area contributed by atoms with Crippen LogP contribution in [0.1, 0.15) is 11.7 Å². The molecule has 1 aromatic rings. The van der Waals surface area contributed by atoms with Gasteiger partial charge < -0.3 is 15.2 Å². The van der Waals surface area contributed by atoms with E-state index in [0.717, 1.165) is 5.56 Å². The minimum Gasteiger partial charge on any atom is -0.480 e. The average molecular weight is 221 g/mol. The van der Waals surface area contributed by atoms with Crippen molar-refractivity contribution in [3.63, 3.8) is 0 Å². The van der Waals surface area contributed by atoms with E-state index in [1.165, 1.54) is 0 Å². The van der Waals surface area contributed by atoms with Crippen molar-refractivity contribution < 1.29 is 19.4 Å². The number of hydrogen-bond acceptors (Lipinski definition) is 3. The number of nitrogens with one attached hydrogen (secondary N) is 1. The maximum atomic E-state index is 11.6. The number of amides is 1. The molecule has 2 rings (SSSR count). The monoisotopic (exact) mass is 221 g/mol. The predicted octanol–water partition coefficient (Wildman–Crippen LogP) is 0.327. The van der Waals surface area contributed by atoms with Crippen LogP contribution in [0.4, 0.5) is 0 Å². The number of aliphatic carboxylic acids is 1. The van der Waals surface area contributed by atoms with E-state index < -0.39 is 24.0 Å². The number of carboxylic acids is 1. The third-order valence-electron chi connectivity index (χ3n) is 2.38. The van der Waals surface area contributed by atoms with E-state index in [4.69, 9.17) is 9.84 Å². The van der Waals surface area contributed by atoms with Crippen molar-refractivity contribution >= 4 is 11.9 Å². The lowest BCUT2D eigenvalue weighted by atomic mass is 10.1. The standard InChI is InChI=1S/C11H11NO4/c13-10-9(7-4-2-1-3-5-7)16-6-8(12-10)11(14)15/h1-5,8-9H,6H2,(H,12,13)(H,14,15). The quantitative estimate of drug-likeness (QED) is 0.754. The summed E-state index contributed by atoms with van der Waals surface area (Å²) in [6.45, 7) is -0.0133. The fourth-order valence-electron chi connectivity index (χ4n) is 1.57. The highest BCUT2D eigenvalue weighted by Crippen LogP contribution is 2.20. The summed E-state index contributed by atoms with van der Waals surface area (Å²) in [5.74, 6) is -1.50. The van der Waals surface area contributed by atoms with Gasteiger partial charge in [-0.05, 0) is 5.56 Å². The maximum Gasteiger partial charge on any atom is 0.328 e. The summed E-state index contributed by atoms with van der Waals surface area (Å²) in [7, 11) is 0. The Morgan fingerprint density at radius 1 is 1.38 bits per heavy atom. The molecule has 5 heteroatoms. The second kappa shape index (κ2) is 4.32. The molecule has 1 aliphatic rings. The van der Waals surface area contributed by atoms with Crippen LogP contribution in [0.25, 0.3) is 0 Å². The highest BCUT2D eigenvalue weighted by Gasteiger charge is 2.33. The summed E-state index contributed by atoms with van der Waals surface area (Å²) in [6.07, 6.45) is -0.711. The summed E-state index contributed by atoms with van der Waals surface area (Å²) in [6, 6.07) is 8.03. The fraction of sp³-hybridized carbons (Fsp3) is 0.273. The molecule has 5 nitrogen and oxygen atoms in total. The van der Waals surface area contributed by atoms with Gasteiger partial charge in [0.05, 0.1) is 6.61 Å². The van der Waals surface area contributed by atoms with Crippen LogP contribution in [-0.2, 0) is 14.3 Å². The molecule has 2 unspecified atom stereocenters. The van der Waals surface area contributed by atoms with Crippen molar-refractivity contribution in [1.29, 1.82) is 0 Å². The number of carbonyl (C=O) groups excluding carboxylic acids is 1. The van der Waals surface area contributed by atoms with E-state index in [1.807, 2.05) is 6.07 Å². The van der Waals surface area contributed by atoms with Crippen LogP contribution in [0.2, 0.25) is 0 Å². The van der Waals surface area contributed by atoms with Crippen molar-refractivity contribution in [2.45, 2.75) is 12.1 Å². The Bertz CT molecular complexity index is 404. The van der Waals surface area contributed by atoms with Crippen LogP contribution >= 0.6 is 0 Å². The summed E-state index contributed by atoms with van der Waals surface area (Å²) in [5, 5.41) is 11.1. The van der Waals surface area contributed by atoms with Gasteiger partial charge in [0.15, 0.2) is 12.1 Å². The topological polar surface area (TPSA) is 75.6 Å². The minimum absolute atomic E-state index is 0.0133. The molecule has 0 aliphatic carbocycles. The van der Waals surface area contributed by atoms with Gasteiger partial charge in [-0.3, -0.25) is 4.79 Å². The zero-order valence-electron chi connectivity index (χ0n) is 8.42. The Hall–Kier alpha value is -1.88.